The number of hydrogen-bond acceptors (Lipinski definition) is 3. The van der Waals surface area contributed by atoms with Gasteiger partial charge < -0.3 is 9.80 Å². The van der Waals surface area contributed by atoms with Crippen molar-refractivity contribution in [3.8, 4) is 0 Å². The minimum Gasteiger partial charge on any atom is -0.341 e. The molecule has 4 bridgehead atoms. The van der Waals surface area contributed by atoms with Crippen molar-refractivity contribution in [1.82, 2.24) is 19.6 Å². The van der Waals surface area contributed by atoms with Crippen LogP contribution in [0.3, 0.4) is 0 Å². The summed E-state index contributed by atoms with van der Waals surface area (Å²) in [6.07, 6.45) is 11.6. The normalized spacial score (nSPS) is 33.6. The van der Waals surface area contributed by atoms with Crippen LogP contribution in [0.15, 0.2) is 18.5 Å². The van der Waals surface area contributed by atoms with Crippen LogP contribution in [-0.2, 0) is 16.1 Å². The maximum atomic E-state index is 13.0. The van der Waals surface area contributed by atoms with Gasteiger partial charge in [0, 0.05) is 44.0 Å². The number of hydrogen-bond donors (Lipinski definition) is 0. The van der Waals surface area contributed by atoms with E-state index in [1.165, 1.54) is 6.42 Å². The molecule has 27 heavy (non-hydrogen) atoms. The number of fused-ring (bicyclic) bond motifs is 1. The van der Waals surface area contributed by atoms with Crippen molar-refractivity contribution in [2.75, 3.05) is 19.6 Å². The van der Waals surface area contributed by atoms with E-state index in [2.05, 4.69) is 5.10 Å². The molecule has 1 aromatic heterocycles. The third-order valence-electron chi connectivity index (χ3n) is 7.46. The molecule has 3 saturated heterocycles. The van der Waals surface area contributed by atoms with Crippen LogP contribution in [-0.4, -0.2) is 57.1 Å². The summed E-state index contributed by atoms with van der Waals surface area (Å²) >= 11 is 0. The summed E-state index contributed by atoms with van der Waals surface area (Å²) < 4.78 is 1.99. The van der Waals surface area contributed by atoms with Crippen molar-refractivity contribution < 1.29 is 9.59 Å². The van der Waals surface area contributed by atoms with E-state index in [0.29, 0.717) is 18.5 Å². The molecule has 4 heterocycles. The standard InChI is InChI=1S/C21H30N4O2/c26-20(23-6-2-15(3-7-23)13-24-5-1-4-22-24)14-25-19-11-16-8-17(12-19)10-18(9-16)21(25)27/h1,4-5,15-19H,2-3,6-14H2. The van der Waals surface area contributed by atoms with Gasteiger partial charge in [-0.1, -0.05) is 0 Å². The van der Waals surface area contributed by atoms with Crippen LogP contribution in [0.1, 0.15) is 44.9 Å². The molecule has 3 aliphatic heterocycles. The first-order chi connectivity index (χ1) is 13.2. The van der Waals surface area contributed by atoms with Gasteiger partial charge in [-0.25, -0.2) is 0 Å². The van der Waals surface area contributed by atoms with Crippen molar-refractivity contribution in [2.45, 2.75) is 57.5 Å². The van der Waals surface area contributed by atoms with E-state index in [0.717, 1.165) is 70.0 Å². The monoisotopic (exact) mass is 370 g/mol. The summed E-state index contributed by atoms with van der Waals surface area (Å²) in [4.78, 5) is 29.9. The predicted molar refractivity (Wildman–Crippen MR) is 101 cm³/mol. The van der Waals surface area contributed by atoms with Crippen LogP contribution in [0, 0.1) is 23.7 Å². The molecule has 5 fully saturated rings. The number of nitrogens with zero attached hydrogens (tertiary/aromatic N) is 4. The fourth-order valence-electron chi connectivity index (χ4n) is 6.18. The molecule has 2 atom stereocenters. The average Bonchev–Trinajstić information content (AvgIpc) is 3.13. The zero-order chi connectivity index (χ0) is 18.4. The number of carbonyl (C=O) groups excluding carboxylic acids is 2. The summed E-state index contributed by atoms with van der Waals surface area (Å²) in [6.45, 7) is 2.87. The minimum absolute atomic E-state index is 0.155. The lowest BCUT2D eigenvalue weighted by Gasteiger charge is -2.39. The van der Waals surface area contributed by atoms with Gasteiger partial charge in [0.1, 0.15) is 6.54 Å². The third-order valence-corrected chi connectivity index (χ3v) is 7.46. The lowest BCUT2D eigenvalue weighted by Crippen LogP contribution is -2.49. The Balaban J connectivity index is 1.18. The first kappa shape index (κ1) is 17.3. The molecule has 2 amide bonds. The van der Waals surface area contributed by atoms with E-state index >= 15 is 0 Å². The first-order valence-electron chi connectivity index (χ1n) is 10.7. The van der Waals surface area contributed by atoms with Gasteiger partial charge in [-0.05, 0) is 68.8 Å². The highest BCUT2D eigenvalue weighted by Crippen LogP contribution is 2.47. The second-order valence-electron chi connectivity index (χ2n) is 9.28. The molecule has 0 radical (unpaired) electrons. The Morgan fingerprint density at radius 1 is 1.07 bits per heavy atom. The minimum atomic E-state index is 0.155. The highest BCUT2D eigenvalue weighted by atomic mass is 16.2. The molecule has 6 rings (SSSR count). The van der Waals surface area contributed by atoms with Crippen molar-refractivity contribution >= 4 is 11.8 Å². The lowest BCUT2D eigenvalue weighted by molar-refractivity contribution is -0.144. The molecular formula is C21H30N4O2. The van der Waals surface area contributed by atoms with Gasteiger partial charge in [-0.2, -0.15) is 5.10 Å². The van der Waals surface area contributed by atoms with Gasteiger partial charge in [0.15, 0.2) is 0 Å². The van der Waals surface area contributed by atoms with E-state index in [-0.39, 0.29) is 17.7 Å². The molecule has 2 aliphatic carbocycles. The van der Waals surface area contributed by atoms with Crippen LogP contribution >= 0.6 is 0 Å². The van der Waals surface area contributed by atoms with E-state index in [4.69, 9.17) is 0 Å². The Kier molecular flexibility index (Phi) is 4.44. The molecule has 6 nitrogen and oxygen atoms in total. The molecular weight excluding hydrogens is 340 g/mol. The van der Waals surface area contributed by atoms with Gasteiger partial charge in [-0.15, -0.1) is 0 Å². The van der Waals surface area contributed by atoms with Gasteiger partial charge >= 0.3 is 0 Å². The zero-order valence-corrected chi connectivity index (χ0v) is 16.0. The molecule has 0 N–H and O–H groups in total. The summed E-state index contributed by atoms with van der Waals surface area (Å²) in [5, 5.41) is 4.29. The van der Waals surface area contributed by atoms with Crippen LogP contribution < -0.4 is 0 Å². The number of amides is 2. The highest BCUT2D eigenvalue weighted by Gasteiger charge is 2.47. The maximum absolute atomic E-state index is 13.0. The summed E-state index contributed by atoms with van der Waals surface area (Å²) in [6, 6.07) is 2.27. The van der Waals surface area contributed by atoms with Crippen LogP contribution in [0.4, 0.5) is 0 Å². The van der Waals surface area contributed by atoms with Crippen LogP contribution in [0.25, 0.3) is 0 Å². The highest BCUT2D eigenvalue weighted by molar-refractivity contribution is 5.86. The van der Waals surface area contributed by atoms with Crippen molar-refractivity contribution in [3.05, 3.63) is 18.5 Å². The Bertz CT molecular complexity index is 681. The number of aromatic nitrogens is 2. The maximum Gasteiger partial charge on any atom is 0.242 e. The van der Waals surface area contributed by atoms with Gasteiger partial charge in [0.25, 0.3) is 0 Å². The SMILES string of the molecule is O=C(CN1C(=O)C2CC3CC(C2)CC1C3)N1CCC(Cn2cccn2)CC1. The van der Waals surface area contributed by atoms with E-state index in [1.807, 2.05) is 32.9 Å². The van der Waals surface area contributed by atoms with E-state index < -0.39 is 0 Å². The second kappa shape index (κ2) is 6.95. The van der Waals surface area contributed by atoms with E-state index in [9.17, 15) is 9.59 Å². The predicted octanol–water partition coefficient (Wildman–Crippen LogP) is 2.16. The Hall–Kier alpha value is -1.85. The number of carbonyl (C=O) groups is 2. The van der Waals surface area contributed by atoms with Crippen molar-refractivity contribution in [3.63, 3.8) is 0 Å². The largest absolute Gasteiger partial charge is 0.341 e. The number of likely N-dealkylation sites (tertiary alicyclic amines) is 1. The first-order valence-corrected chi connectivity index (χ1v) is 10.7. The Morgan fingerprint density at radius 3 is 2.48 bits per heavy atom. The summed E-state index contributed by atoms with van der Waals surface area (Å²) in [5.74, 6) is 2.63. The molecule has 0 spiro atoms. The quantitative estimate of drug-likeness (QED) is 0.816. The fourth-order valence-corrected chi connectivity index (χ4v) is 6.18. The molecule has 0 aromatic carbocycles. The van der Waals surface area contributed by atoms with Gasteiger partial charge in [0.05, 0.1) is 0 Å². The Labute approximate surface area is 160 Å². The smallest absolute Gasteiger partial charge is 0.242 e. The van der Waals surface area contributed by atoms with Crippen molar-refractivity contribution in [1.29, 1.82) is 0 Å². The fraction of sp³-hybridized carbons (Fsp3) is 0.762. The number of piperidine rings is 1. The van der Waals surface area contributed by atoms with Gasteiger partial charge in [0.2, 0.25) is 11.8 Å². The van der Waals surface area contributed by atoms with Crippen LogP contribution in [0.5, 0.6) is 0 Å². The van der Waals surface area contributed by atoms with Crippen molar-refractivity contribution in [2.24, 2.45) is 23.7 Å². The molecule has 2 saturated carbocycles. The summed E-state index contributed by atoms with van der Waals surface area (Å²) in [7, 11) is 0. The molecule has 2 unspecified atom stereocenters. The zero-order valence-electron chi connectivity index (χ0n) is 16.0. The van der Waals surface area contributed by atoms with E-state index in [1.54, 1.807) is 0 Å². The van der Waals surface area contributed by atoms with Crippen LogP contribution in [0.2, 0.25) is 0 Å². The molecule has 6 heteroatoms. The second-order valence-corrected chi connectivity index (χ2v) is 9.28. The molecule has 1 aromatic rings. The topological polar surface area (TPSA) is 58.4 Å². The Morgan fingerprint density at radius 2 is 1.81 bits per heavy atom. The third kappa shape index (κ3) is 3.39. The molecule has 5 aliphatic rings. The molecule has 146 valence electrons. The number of rotatable bonds is 4. The lowest BCUT2D eigenvalue weighted by atomic mass is 9.68. The average molecular weight is 370 g/mol. The summed E-state index contributed by atoms with van der Waals surface area (Å²) in [5.41, 5.74) is 0. The van der Waals surface area contributed by atoms with Gasteiger partial charge in [-0.3, -0.25) is 14.3 Å².